The number of aryl methyl sites for hydroxylation is 2. The lowest BCUT2D eigenvalue weighted by Gasteiger charge is -2.00. The smallest absolute Gasteiger partial charge is 0.335 e. The summed E-state index contributed by atoms with van der Waals surface area (Å²) in [6, 6.07) is 8.63. The Hall–Kier alpha value is -3.57. The van der Waals surface area contributed by atoms with Gasteiger partial charge in [0, 0.05) is 19.1 Å². The van der Waals surface area contributed by atoms with E-state index in [1.807, 2.05) is 0 Å². The second kappa shape index (κ2) is 22.6. The highest BCUT2D eigenvalue weighted by Crippen LogP contribution is 2.21. The zero-order valence-corrected chi connectivity index (χ0v) is 21.4. The molecule has 0 aromatic heterocycles. The lowest BCUT2D eigenvalue weighted by Crippen LogP contribution is -1.90. The maximum atomic E-state index is 10.4. The Bertz CT molecular complexity index is 972. The van der Waals surface area contributed by atoms with Crippen molar-refractivity contribution in [3.8, 4) is 11.5 Å². The first-order chi connectivity index (χ1) is 15.3. The second-order valence-electron chi connectivity index (χ2n) is 5.40. The van der Waals surface area contributed by atoms with Gasteiger partial charge in [-0.2, -0.15) is 16.8 Å². The van der Waals surface area contributed by atoms with Gasteiger partial charge in [0.25, 0.3) is 17.3 Å². The van der Waals surface area contributed by atoms with E-state index in [2.05, 4.69) is 0 Å². The summed E-state index contributed by atoms with van der Waals surface area (Å²) in [5.41, 5.74) is 1.48. The molecule has 190 valence electrons. The maximum Gasteiger partial charge on any atom is 0.335 e. The number of ether oxygens (including phenoxy) is 1. The molecule has 0 radical (unpaired) electrons. The number of aromatic hydroxyl groups is 1. The van der Waals surface area contributed by atoms with Gasteiger partial charge in [0.1, 0.15) is 11.5 Å². The van der Waals surface area contributed by atoms with Crippen LogP contribution < -0.4 is 4.74 Å². The first-order valence-corrected chi connectivity index (χ1v) is 9.41. The van der Waals surface area contributed by atoms with Gasteiger partial charge in [0.2, 0.25) is 0 Å². The van der Waals surface area contributed by atoms with E-state index in [1.54, 1.807) is 19.9 Å². The highest BCUT2D eigenvalue weighted by Gasteiger charge is 2.07. The Balaban J connectivity index is -0.000000188. The van der Waals surface area contributed by atoms with Gasteiger partial charge in [-0.05, 0) is 37.1 Å². The Morgan fingerprint density at radius 3 is 1.47 bits per heavy atom. The molecule has 0 bridgehead atoms. The van der Waals surface area contributed by atoms with Crippen molar-refractivity contribution in [2.75, 3.05) is 7.11 Å². The molecule has 0 saturated heterocycles. The molecule has 0 unspecified atom stereocenters. The van der Waals surface area contributed by atoms with Gasteiger partial charge in [0.15, 0.2) is 0 Å². The van der Waals surface area contributed by atoms with Crippen molar-refractivity contribution in [1.82, 2.24) is 0 Å². The molecule has 14 nitrogen and oxygen atoms in total. The van der Waals surface area contributed by atoms with Crippen LogP contribution in [0.5, 0.6) is 11.5 Å². The van der Waals surface area contributed by atoms with Crippen molar-refractivity contribution < 1.29 is 46.4 Å². The van der Waals surface area contributed by atoms with E-state index >= 15 is 0 Å². The molecular formula is C17H21BrN2O12S2. The number of non-ortho nitro benzene ring substituents is 2. The van der Waals surface area contributed by atoms with E-state index in [0.717, 1.165) is 18.6 Å². The summed E-state index contributed by atoms with van der Waals surface area (Å²) >= 11 is -1.50. The van der Waals surface area contributed by atoms with Crippen molar-refractivity contribution in [3.05, 3.63) is 67.8 Å². The summed E-state index contributed by atoms with van der Waals surface area (Å²) < 4.78 is 38.0. The quantitative estimate of drug-likeness (QED) is 0.390. The molecule has 2 aromatic rings. The monoisotopic (exact) mass is 588 g/mol. The number of aliphatic carboxylic acids is 1. The van der Waals surface area contributed by atoms with Crippen LogP contribution in [0, 0.1) is 34.1 Å². The van der Waals surface area contributed by atoms with E-state index in [4.69, 9.17) is 36.6 Å². The molecule has 2 rings (SSSR count). The number of benzene rings is 2. The van der Waals surface area contributed by atoms with E-state index in [-0.39, 0.29) is 34.1 Å². The number of rotatable bonds is 3. The number of nitro groups is 2. The molecule has 0 atom stereocenters. The topological polar surface area (TPSA) is 221 Å². The van der Waals surface area contributed by atoms with E-state index in [0.29, 0.717) is 11.3 Å². The van der Waals surface area contributed by atoms with Crippen LogP contribution in [0.3, 0.4) is 0 Å². The molecule has 0 amide bonds. The molecule has 0 aliphatic rings. The number of nitrogens with zero attached hydrogens (tertiary/aromatic N) is 2. The van der Waals surface area contributed by atoms with Crippen LogP contribution in [0.2, 0.25) is 0 Å². The number of halogens is 1. The van der Waals surface area contributed by atoms with Crippen molar-refractivity contribution in [3.63, 3.8) is 0 Å². The lowest BCUT2D eigenvalue weighted by molar-refractivity contribution is -0.385. The molecular weight excluding hydrogens is 568 g/mol. The summed E-state index contributed by atoms with van der Waals surface area (Å²) in [7, 11) is 1.48. The van der Waals surface area contributed by atoms with Gasteiger partial charge in [-0.3, -0.25) is 25.0 Å². The standard InChI is InChI=1S/C8H9NO3.C7H7NO3.C2H4O2.BrH.2O2S/c1-6-3-7(9(10)11)5-8(4-6)12-2;1-5-2-6(8(10)11)4-7(9)3-5;1-2(3)4;;2*1-3-2/h3-5H,1-2H3;2-4,9H,1H3;1H3,(H,3,4);1H;;. The fourth-order valence-electron chi connectivity index (χ4n) is 1.80. The van der Waals surface area contributed by atoms with Crippen LogP contribution >= 0.6 is 17.0 Å². The number of carboxylic acid groups (broad SMARTS) is 1. The highest BCUT2D eigenvalue weighted by atomic mass is 79.9. The van der Waals surface area contributed by atoms with Crippen LogP contribution in [0.1, 0.15) is 18.1 Å². The third-order valence-corrected chi connectivity index (χ3v) is 2.74. The summed E-state index contributed by atoms with van der Waals surface area (Å²) in [5, 5.41) is 36.9. The van der Waals surface area contributed by atoms with Crippen LogP contribution in [-0.2, 0) is 27.9 Å². The summed E-state index contributed by atoms with van der Waals surface area (Å²) in [6.07, 6.45) is 0. The SMILES string of the molecule is Br.CC(=O)O.COc1cc(C)cc([N+](=O)[O-])c1.Cc1cc(O)cc([N+](=O)[O-])c1.O=S=O.O=S=O. The molecule has 0 fully saturated rings. The number of methoxy groups -OCH3 is 1. The molecule has 0 spiro atoms. The molecule has 0 heterocycles. The predicted octanol–water partition coefficient (Wildman–Crippen LogP) is 2.85. The van der Waals surface area contributed by atoms with Crippen molar-refractivity contribution >= 4 is 57.5 Å². The molecule has 17 heteroatoms. The summed E-state index contributed by atoms with van der Waals surface area (Å²) in [4.78, 5) is 28.6. The lowest BCUT2D eigenvalue weighted by atomic mass is 10.2. The third kappa shape index (κ3) is 23.1. The number of phenols is 1. The minimum absolute atomic E-state index is 0. The van der Waals surface area contributed by atoms with Crippen molar-refractivity contribution in [1.29, 1.82) is 0 Å². The van der Waals surface area contributed by atoms with Crippen LogP contribution in [0.4, 0.5) is 11.4 Å². The van der Waals surface area contributed by atoms with E-state index in [1.165, 1.54) is 31.4 Å². The van der Waals surface area contributed by atoms with Gasteiger partial charge in [-0.1, -0.05) is 0 Å². The molecule has 2 N–H and O–H groups in total. The fourth-order valence-corrected chi connectivity index (χ4v) is 1.80. The number of phenolic OH excluding ortho intramolecular Hbond substituents is 1. The minimum Gasteiger partial charge on any atom is -0.508 e. The Morgan fingerprint density at radius 2 is 1.18 bits per heavy atom. The number of hydrogen-bond acceptors (Lipinski definition) is 11. The zero-order chi connectivity index (χ0) is 26.6. The average Bonchev–Trinajstić information content (AvgIpc) is 2.68. The number of nitro benzene ring substituents is 2. The highest BCUT2D eigenvalue weighted by molar-refractivity contribution is 8.93. The molecule has 2 aromatic carbocycles. The van der Waals surface area contributed by atoms with Crippen molar-refractivity contribution in [2.24, 2.45) is 0 Å². The van der Waals surface area contributed by atoms with Gasteiger partial charge < -0.3 is 14.9 Å². The normalized spacial score (nSPS) is 7.88. The largest absolute Gasteiger partial charge is 0.508 e. The van der Waals surface area contributed by atoms with Crippen LogP contribution in [-0.4, -0.2) is 50.0 Å². The number of hydrogen-bond donors (Lipinski definition) is 2. The third-order valence-electron chi connectivity index (χ3n) is 2.74. The van der Waals surface area contributed by atoms with Gasteiger partial charge in [-0.15, -0.1) is 17.0 Å². The minimum atomic E-state index is -0.833. The molecule has 34 heavy (non-hydrogen) atoms. The number of carboxylic acids is 1. The van der Waals surface area contributed by atoms with Gasteiger partial charge >= 0.3 is 23.1 Å². The Morgan fingerprint density at radius 1 is 0.853 bits per heavy atom. The first-order valence-electron chi connectivity index (χ1n) is 8.07. The second-order valence-corrected chi connectivity index (χ2v) is 5.68. The molecule has 0 saturated carbocycles. The summed E-state index contributed by atoms with van der Waals surface area (Å²) in [5.74, 6) is -0.390. The first kappa shape index (κ1) is 37.7. The van der Waals surface area contributed by atoms with Gasteiger partial charge in [0.05, 0.1) is 29.1 Å². The van der Waals surface area contributed by atoms with Crippen LogP contribution in [0.15, 0.2) is 36.4 Å². The van der Waals surface area contributed by atoms with Gasteiger partial charge in [-0.25, -0.2) is 0 Å². The molecule has 0 aliphatic carbocycles. The maximum absolute atomic E-state index is 10.4. The Kier molecular flexibility index (Phi) is 25.1. The fraction of sp³-hybridized carbons (Fsp3) is 0.235. The van der Waals surface area contributed by atoms with Crippen LogP contribution in [0.25, 0.3) is 0 Å². The predicted molar refractivity (Wildman–Crippen MR) is 125 cm³/mol. The summed E-state index contributed by atoms with van der Waals surface area (Å²) in [6.45, 7) is 4.56. The van der Waals surface area contributed by atoms with E-state index < -0.39 is 39.0 Å². The molecule has 0 aliphatic heterocycles. The zero-order valence-electron chi connectivity index (χ0n) is 18.1. The Labute approximate surface area is 210 Å². The van der Waals surface area contributed by atoms with Crippen molar-refractivity contribution in [2.45, 2.75) is 20.8 Å². The number of carbonyl (C=O) groups is 1. The van der Waals surface area contributed by atoms with E-state index in [9.17, 15) is 20.2 Å². The average molecular weight is 589 g/mol.